The first-order chi connectivity index (χ1) is 55.8. The number of benzene rings is 8. The topological polar surface area (TPSA) is 604 Å². The Kier molecular flexibility index (Phi) is 29.8. The molecule has 2 aliphatic rings. The Labute approximate surface area is 706 Å². The van der Waals surface area contributed by atoms with Gasteiger partial charge >= 0.3 is 0 Å². The third-order valence-electron chi connectivity index (χ3n) is 17.3. The highest BCUT2D eigenvalue weighted by atomic mass is 35.7. The zero-order valence-corrected chi connectivity index (χ0v) is 72.5. The minimum absolute atomic E-state index is 0.0743. The summed E-state index contributed by atoms with van der Waals surface area (Å²) in [6, 6.07) is 38.2. The smallest absolute Gasteiger partial charge is 0.264 e. The molecule has 2 saturated heterocycles. The maximum Gasteiger partial charge on any atom is 0.264 e. The molecule has 2 fully saturated rings. The Balaban J connectivity index is 0.000000173. The summed E-state index contributed by atoms with van der Waals surface area (Å²) in [6.45, 7) is 12.7. The highest BCUT2D eigenvalue weighted by Gasteiger charge is 2.29. The average molecular weight is 1890 g/mol. The van der Waals surface area contributed by atoms with Crippen molar-refractivity contribution in [3.05, 3.63) is 249 Å². The number of morpholine rings is 2. The first-order valence-electron chi connectivity index (χ1n) is 34.4. The molecule has 0 atom stereocenters. The lowest BCUT2D eigenvalue weighted by molar-refractivity contribution is 0.109. The molecule has 14 rings (SSSR count). The molecule has 6 heterocycles. The fraction of sp³-hybridized carbons (Fsp3) is 0.167. The van der Waals surface area contributed by atoms with Gasteiger partial charge in [-0.05, 0) is 196 Å². The maximum absolute atomic E-state index is 13.4. The number of aromatic nitrogens is 4. The molecular formula is C72H74Cl4N14O22S8. The van der Waals surface area contributed by atoms with Gasteiger partial charge in [-0.1, -0.05) is 34.8 Å². The molecule has 2 aliphatic heterocycles. The van der Waals surface area contributed by atoms with Gasteiger partial charge in [-0.2, -0.15) is 0 Å². The van der Waals surface area contributed by atoms with Crippen molar-refractivity contribution in [1.29, 1.82) is 0 Å². The number of pyridine rings is 4. The maximum atomic E-state index is 13.4. The lowest BCUT2D eigenvalue weighted by Crippen LogP contribution is -2.37. The van der Waals surface area contributed by atoms with E-state index in [0.717, 1.165) is 103 Å². The van der Waals surface area contributed by atoms with E-state index in [0.29, 0.717) is 87.1 Å². The summed E-state index contributed by atoms with van der Waals surface area (Å²) in [5.74, 6) is 0. The van der Waals surface area contributed by atoms with Crippen molar-refractivity contribution in [2.24, 2.45) is 20.6 Å². The lowest BCUT2D eigenvalue weighted by Gasteiger charge is -2.30. The number of nitrogen functional groups attached to an aromatic ring is 1. The zero-order valence-electron chi connectivity index (χ0n) is 62.9. The monoisotopic (exact) mass is 1880 g/mol. The molecule has 0 amide bonds. The Bertz CT molecular complexity index is 7050. The van der Waals surface area contributed by atoms with E-state index in [1.807, 2.05) is 24.0 Å². The molecule has 640 valence electrons. The number of aryl methyl sites for hydroxylation is 4. The van der Waals surface area contributed by atoms with Crippen LogP contribution in [0.1, 0.15) is 22.3 Å². The Morgan fingerprint density at radius 3 is 0.942 bits per heavy atom. The van der Waals surface area contributed by atoms with E-state index < -0.39 is 93.9 Å². The number of H-pyrrole nitrogens is 4. The molecular weight excluding hydrogens is 1810 g/mol. The van der Waals surface area contributed by atoms with E-state index >= 15 is 0 Å². The van der Waals surface area contributed by atoms with Gasteiger partial charge < -0.3 is 45.4 Å². The number of anilines is 5. The Hall–Kier alpha value is -9.92. The van der Waals surface area contributed by atoms with Crippen LogP contribution in [0.3, 0.4) is 0 Å². The van der Waals surface area contributed by atoms with Gasteiger partial charge in [-0.3, -0.25) is 33.3 Å². The van der Waals surface area contributed by atoms with E-state index in [4.69, 9.17) is 81.2 Å². The largest absolute Gasteiger partial charge is 0.399 e. The van der Waals surface area contributed by atoms with Crippen LogP contribution in [0.25, 0.3) is 43.6 Å². The van der Waals surface area contributed by atoms with Gasteiger partial charge in [-0.15, -0.1) is 0 Å². The normalized spacial score (nSPS) is 13.5. The van der Waals surface area contributed by atoms with Crippen molar-refractivity contribution in [1.82, 2.24) is 25.3 Å². The fourth-order valence-electron chi connectivity index (χ4n) is 11.6. The van der Waals surface area contributed by atoms with Gasteiger partial charge in [0.1, 0.15) is 19.6 Å². The third kappa shape index (κ3) is 24.9. The van der Waals surface area contributed by atoms with Crippen molar-refractivity contribution in [2.75, 3.05) is 77.4 Å². The average Bonchev–Trinajstić information content (AvgIpc) is 0.779. The van der Waals surface area contributed by atoms with E-state index in [-0.39, 0.29) is 78.8 Å². The highest BCUT2D eigenvalue weighted by Crippen LogP contribution is 2.34. The van der Waals surface area contributed by atoms with Gasteiger partial charge in [0.15, 0.2) is 0 Å². The molecule has 0 bridgehead atoms. The van der Waals surface area contributed by atoms with Gasteiger partial charge in [-0.25, -0.2) is 87.9 Å². The SMILES string of the molecule is C1COCCN1.Cc1cc(=O)[nH]c2ccc(N)cc12.Cc1cc(=O)[nH]c2ccc(NS(=O)(=O)c3cc(S(N)(=O)=O)ccc3Cl)cc12.Cc1cc(=O)[nH]c2ccc(NS(=O)(=O)c3cc(S(N)(=O)=O)ccc3Cl)cc12.Cc1cc(=O)[nH]c2ccc(NS(=O)(=O)c3cc(S(N)(=O)=O)ccc3N3CCOCC3)cc12.NS(=O)(=O)c1ccc(Cl)c(S(=O)(=O)Cl)c1. The van der Waals surface area contributed by atoms with Crippen molar-refractivity contribution in [3.63, 3.8) is 0 Å². The molecule has 8 aromatic carbocycles. The van der Waals surface area contributed by atoms with Crippen LogP contribution < -0.4 is 72.9 Å². The van der Waals surface area contributed by atoms with Crippen LogP contribution in [0.2, 0.25) is 15.1 Å². The van der Waals surface area contributed by atoms with E-state index in [9.17, 15) is 86.5 Å². The molecule has 36 nitrogen and oxygen atoms in total. The number of primary sulfonamides is 4. The van der Waals surface area contributed by atoms with Crippen LogP contribution >= 0.6 is 45.5 Å². The zero-order chi connectivity index (χ0) is 88.6. The number of ether oxygens (including phenoxy) is 2. The van der Waals surface area contributed by atoms with Crippen molar-refractivity contribution in [2.45, 2.75) is 66.9 Å². The number of sulfonamides is 7. The summed E-state index contributed by atoms with van der Waals surface area (Å²) in [6.07, 6.45) is 0. The predicted octanol–water partition coefficient (Wildman–Crippen LogP) is 6.94. The number of rotatable bonds is 15. The number of aromatic amines is 4. The van der Waals surface area contributed by atoms with Crippen molar-refractivity contribution < 1.29 is 76.8 Å². The highest BCUT2D eigenvalue weighted by molar-refractivity contribution is 8.13. The molecule has 4 aromatic heterocycles. The number of fused-ring (bicyclic) bond motifs is 4. The van der Waals surface area contributed by atoms with Gasteiger partial charge in [0.05, 0.1) is 66.8 Å². The fourth-order valence-corrected chi connectivity index (χ4v) is 20.0. The third-order valence-corrected chi connectivity index (χ3v) is 27.8. The molecule has 0 radical (unpaired) electrons. The number of hydrogen-bond donors (Lipinski definition) is 13. The van der Waals surface area contributed by atoms with Crippen LogP contribution in [-0.4, -0.2) is 140 Å². The summed E-state index contributed by atoms with van der Waals surface area (Å²) in [7, 11) is -27.9. The number of nitrogens with one attached hydrogen (secondary N) is 8. The number of halogens is 4. The van der Waals surface area contributed by atoms with Crippen LogP contribution in [0.15, 0.2) is 228 Å². The van der Waals surface area contributed by atoms with E-state index in [2.05, 4.69) is 39.4 Å². The minimum Gasteiger partial charge on any atom is -0.399 e. The second-order valence-electron chi connectivity index (χ2n) is 26.2. The van der Waals surface area contributed by atoms with Gasteiger partial charge in [0.25, 0.3) is 39.1 Å². The van der Waals surface area contributed by atoms with E-state index in [1.165, 1.54) is 48.5 Å². The summed E-state index contributed by atoms with van der Waals surface area (Å²) in [5.41, 5.74) is 12.0. The molecule has 12 aromatic rings. The molecule has 0 spiro atoms. The van der Waals surface area contributed by atoms with Crippen molar-refractivity contribution >= 4 is 197 Å². The summed E-state index contributed by atoms with van der Waals surface area (Å²) in [4.78, 5) is 55.4. The summed E-state index contributed by atoms with van der Waals surface area (Å²) >= 11 is 17.4. The van der Waals surface area contributed by atoms with Crippen LogP contribution in [0.5, 0.6) is 0 Å². The number of nitrogens with zero attached hydrogens (tertiary/aromatic N) is 1. The summed E-state index contributed by atoms with van der Waals surface area (Å²) < 4.78 is 208. The molecule has 18 N–H and O–H groups in total. The minimum atomic E-state index is -4.19. The van der Waals surface area contributed by atoms with Crippen LogP contribution in [0.4, 0.5) is 28.4 Å². The first kappa shape index (κ1) is 93.9. The quantitative estimate of drug-likeness (QED) is 0.0365. The van der Waals surface area contributed by atoms with Gasteiger partial charge in [0, 0.05) is 127 Å². The molecule has 0 saturated carbocycles. The number of hydrogen-bond acceptors (Lipinski definition) is 25. The van der Waals surface area contributed by atoms with Crippen molar-refractivity contribution in [3.8, 4) is 0 Å². The van der Waals surface area contributed by atoms with E-state index in [1.54, 1.807) is 69.3 Å². The standard InChI is InChI=1S/C20H22N4O6S2.2C16H14ClN3O5S2.C10H10N2O.C6H5Cl2NO4S2.C4H9NO/c1-13-10-20(25)22-17-4-2-14(11-16(13)17)23-32(28,29)19-12-15(31(21,26)27)3-5-18(19)24-6-8-30-9-7-24;2*1-9-6-16(21)19-14-5-2-10(7-12(9)14)20-27(24,25)15-8-11(26(18,22)23)3-4-13(15)17;1-6-4-10(13)12-9-3-2-7(11)5-8(6)9;7-5-2-1-4(15(9,12)13)3-6(5)14(8,10)11;1-3-6-4-2-5-1/h2-5,10-12,23H,6-9H2,1H3,(H,22,25)(H2,21,26,27);2*2-8,20H,1H3,(H,19,21)(H2,18,22,23);2-5H,11H2,1H3,(H,12,13);1-3H,(H2,9,12,13);5H,1-4H2. The Morgan fingerprint density at radius 2 is 0.633 bits per heavy atom. The predicted molar refractivity (Wildman–Crippen MR) is 460 cm³/mol. The lowest BCUT2D eigenvalue weighted by atomic mass is 10.1. The van der Waals surface area contributed by atoms with Crippen LogP contribution in [0, 0.1) is 27.7 Å². The second kappa shape index (κ2) is 38.0. The van der Waals surface area contributed by atoms with Gasteiger partial charge in [0.2, 0.25) is 62.3 Å². The Morgan fingerprint density at radius 1 is 0.350 bits per heavy atom. The molecule has 120 heavy (non-hydrogen) atoms. The molecule has 0 unspecified atom stereocenters. The summed E-state index contributed by atoms with van der Waals surface area (Å²) in [5, 5.41) is 25.8. The molecule has 48 heteroatoms. The van der Waals surface area contributed by atoms with Crippen LogP contribution in [-0.2, 0) is 88.7 Å². The first-order valence-corrected chi connectivity index (χ1v) is 48.4. The number of nitrogens with two attached hydrogens (primary N) is 5. The molecule has 0 aliphatic carbocycles. The second-order valence-corrected chi connectivity index (χ2v) is 41.1.